The number of aromatic nitrogens is 3. The minimum atomic E-state index is 0.00677. The second-order valence-electron chi connectivity index (χ2n) is 9.54. The second-order valence-corrected chi connectivity index (χ2v) is 9.98. The molecule has 0 saturated carbocycles. The van der Waals surface area contributed by atoms with Crippen molar-refractivity contribution >= 4 is 29.0 Å². The van der Waals surface area contributed by atoms with Gasteiger partial charge in [-0.1, -0.05) is 40.9 Å². The normalized spacial score (nSPS) is 14.5. The molecule has 1 fully saturated rings. The Balaban J connectivity index is 1.30. The largest absolute Gasteiger partial charge is 0.356 e. The smallest absolute Gasteiger partial charge is 0.223 e. The van der Waals surface area contributed by atoms with E-state index >= 15 is 0 Å². The number of fused-ring (bicyclic) bond motifs is 1. The quantitative estimate of drug-likeness (QED) is 0.403. The highest BCUT2D eigenvalue weighted by atomic mass is 35.5. The first-order valence-corrected chi connectivity index (χ1v) is 12.5. The number of piperidine rings is 1. The molecule has 1 N–H and O–H groups in total. The van der Waals surface area contributed by atoms with E-state index in [0.29, 0.717) is 11.6 Å². The van der Waals surface area contributed by atoms with Gasteiger partial charge in [0.05, 0.1) is 5.69 Å². The van der Waals surface area contributed by atoms with Crippen molar-refractivity contribution in [2.45, 2.75) is 40.2 Å². The maximum atomic E-state index is 12.8. The zero-order valence-corrected chi connectivity index (χ0v) is 21.1. The van der Waals surface area contributed by atoms with Gasteiger partial charge in [0.15, 0.2) is 5.65 Å². The molecule has 5 rings (SSSR count). The van der Waals surface area contributed by atoms with E-state index in [1.54, 1.807) is 0 Å². The van der Waals surface area contributed by atoms with Crippen molar-refractivity contribution in [1.82, 2.24) is 19.9 Å². The maximum absolute atomic E-state index is 12.8. The molecule has 7 heteroatoms. The van der Waals surface area contributed by atoms with Crippen molar-refractivity contribution in [2.24, 2.45) is 5.92 Å². The maximum Gasteiger partial charge on any atom is 0.223 e. The Hall–Kier alpha value is -3.38. The second kappa shape index (κ2) is 9.70. The van der Waals surface area contributed by atoms with Crippen molar-refractivity contribution in [3.8, 4) is 11.3 Å². The Morgan fingerprint density at radius 3 is 2.49 bits per heavy atom. The minimum absolute atomic E-state index is 0.00677. The Morgan fingerprint density at radius 2 is 1.77 bits per heavy atom. The lowest BCUT2D eigenvalue weighted by Crippen LogP contribution is -2.41. The van der Waals surface area contributed by atoms with E-state index in [-0.39, 0.29) is 11.8 Å². The van der Waals surface area contributed by atoms with Gasteiger partial charge in [-0.3, -0.25) is 4.79 Å². The third-order valence-corrected chi connectivity index (χ3v) is 6.83. The number of hydrogen-bond acceptors (Lipinski definition) is 4. The number of aryl methyl sites for hydroxylation is 3. The summed E-state index contributed by atoms with van der Waals surface area (Å²) in [6.07, 6.45) is 1.60. The molecule has 0 unspecified atom stereocenters. The van der Waals surface area contributed by atoms with Crippen LogP contribution in [0.1, 0.15) is 35.2 Å². The van der Waals surface area contributed by atoms with Crippen LogP contribution in [-0.2, 0) is 11.3 Å². The van der Waals surface area contributed by atoms with Gasteiger partial charge in [-0.2, -0.15) is 9.61 Å². The molecule has 6 nitrogen and oxygen atoms in total. The Bertz CT molecular complexity index is 1370. The van der Waals surface area contributed by atoms with E-state index in [9.17, 15) is 4.79 Å². The monoisotopic (exact) mass is 487 g/mol. The highest BCUT2D eigenvalue weighted by molar-refractivity contribution is 6.30. The molecule has 0 radical (unpaired) electrons. The number of nitrogens with one attached hydrogen (secondary N) is 1. The molecular formula is C28H30ClN5O. The Morgan fingerprint density at radius 1 is 1.03 bits per heavy atom. The van der Waals surface area contributed by atoms with E-state index in [0.717, 1.165) is 59.9 Å². The molecule has 1 amide bonds. The molecule has 35 heavy (non-hydrogen) atoms. The van der Waals surface area contributed by atoms with E-state index in [1.807, 2.05) is 35.7 Å². The molecule has 0 spiro atoms. The van der Waals surface area contributed by atoms with E-state index in [2.05, 4.69) is 54.4 Å². The third-order valence-electron chi connectivity index (χ3n) is 6.60. The average molecular weight is 488 g/mol. The molecular weight excluding hydrogens is 458 g/mol. The number of rotatable bonds is 5. The minimum Gasteiger partial charge on any atom is -0.356 e. The van der Waals surface area contributed by atoms with Crippen LogP contribution >= 0.6 is 11.6 Å². The summed E-state index contributed by atoms with van der Waals surface area (Å²) in [5.74, 6) is 1.14. The summed E-state index contributed by atoms with van der Waals surface area (Å²) in [4.78, 5) is 19.8. The van der Waals surface area contributed by atoms with Crippen molar-refractivity contribution in [2.75, 3.05) is 18.0 Å². The summed E-state index contributed by atoms with van der Waals surface area (Å²) >= 11 is 6.06. The fraction of sp³-hybridized carbons (Fsp3) is 0.321. The third kappa shape index (κ3) is 5.17. The van der Waals surface area contributed by atoms with Gasteiger partial charge in [0.25, 0.3) is 0 Å². The van der Waals surface area contributed by atoms with Gasteiger partial charge in [0, 0.05) is 54.0 Å². The molecule has 0 atom stereocenters. The van der Waals surface area contributed by atoms with Gasteiger partial charge in [0.2, 0.25) is 5.91 Å². The molecule has 1 saturated heterocycles. The fourth-order valence-electron chi connectivity index (χ4n) is 4.92. The molecule has 3 heterocycles. The zero-order chi connectivity index (χ0) is 24.5. The number of anilines is 1. The predicted molar refractivity (Wildman–Crippen MR) is 141 cm³/mol. The lowest BCUT2D eigenvalue weighted by atomic mass is 9.95. The molecule has 2 aromatic heterocycles. The fourth-order valence-corrected chi connectivity index (χ4v) is 5.13. The topological polar surface area (TPSA) is 62.5 Å². The van der Waals surface area contributed by atoms with Crippen LogP contribution in [0.3, 0.4) is 0 Å². The number of amides is 1. The molecule has 0 bridgehead atoms. The molecule has 180 valence electrons. The highest BCUT2D eigenvalue weighted by Crippen LogP contribution is 2.28. The van der Waals surface area contributed by atoms with Gasteiger partial charge in [-0.25, -0.2) is 4.98 Å². The molecule has 4 aromatic rings. The SMILES string of the molecule is Cc1cc(C)cc(-c2cc3nc(C)cc(N4CCC(C(=O)NCc5cccc(Cl)c5)CC4)n3n2)c1. The summed E-state index contributed by atoms with van der Waals surface area (Å²) in [6.45, 7) is 8.32. The number of nitrogens with zero attached hydrogens (tertiary/aromatic N) is 4. The first-order valence-electron chi connectivity index (χ1n) is 12.1. The molecule has 1 aliphatic rings. The van der Waals surface area contributed by atoms with Crippen LogP contribution in [0.25, 0.3) is 16.9 Å². The van der Waals surface area contributed by atoms with Crippen LogP contribution in [0, 0.1) is 26.7 Å². The molecule has 2 aromatic carbocycles. The summed E-state index contributed by atoms with van der Waals surface area (Å²) in [7, 11) is 0. The summed E-state index contributed by atoms with van der Waals surface area (Å²) < 4.78 is 1.94. The van der Waals surface area contributed by atoms with E-state index in [4.69, 9.17) is 21.7 Å². The van der Waals surface area contributed by atoms with Crippen LogP contribution in [0.4, 0.5) is 5.82 Å². The van der Waals surface area contributed by atoms with Gasteiger partial charge >= 0.3 is 0 Å². The number of halogens is 1. The predicted octanol–water partition coefficient (Wildman–Crippen LogP) is 5.51. The van der Waals surface area contributed by atoms with Crippen LogP contribution in [0.5, 0.6) is 0 Å². The van der Waals surface area contributed by atoms with Crippen molar-refractivity contribution < 1.29 is 4.79 Å². The van der Waals surface area contributed by atoms with Crippen LogP contribution in [0.15, 0.2) is 54.6 Å². The summed E-state index contributed by atoms with van der Waals surface area (Å²) in [6, 6.07) is 18.2. The van der Waals surface area contributed by atoms with Crippen molar-refractivity contribution in [3.63, 3.8) is 0 Å². The van der Waals surface area contributed by atoms with E-state index < -0.39 is 0 Å². The lowest BCUT2D eigenvalue weighted by molar-refractivity contribution is -0.125. The van der Waals surface area contributed by atoms with Crippen LogP contribution in [-0.4, -0.2) is 33.6 Å². The highest BCUT2D eigenvalue weighted by Gasteiger charge is 2.26. The van der Waals surface area contributed by atoms with Crippen LogP contribution < -0.4 is 10.2 Å². The summed E-state index contributed by atoms with van der Waals surface area (Å²) in [5.41, 5.74) is 7.28. The van der Waals surface area contributed by atoms with Gasteiger partial charge < -0.3 is 10.2 Å². The van der Waals surface area contributed by atoms with Crippen molar-refractivity contribution in [1.29, 1.82) is 0 Å². The number of carbonyl (C=O) groups is 1. The van der Waals surface area contributed by atoms with Crippen molar-refractivity contribution in [3.05, 3.63) is 82.0 Å². The number of carbonyl (C=O) groups excluding carboxylic acids is 1. The number of hydrogen-bond donors (Lipinski definition) is 1. The standard InChI is InChI=1S/C28H30ClN5O/c1-18-11-19(2)13-23(12-18)25-16-26-31-20(3)14-27(34(26)32-25)33-9-7-22(8-10-33)28(35)30-17-21-5-4-6-24(29)15-21/h4-6,11-16,22H,7-10,17H2,1-3H3,(H,30,35). The Labute approximate surface area is 210 Å². The lowest BCUT2D eigenvalue weighted by Gasteiger charge is -2.33. The average Bonchev–Trinajstić information content (AvgIpc) is 3.26. The summed E-state index contributed by atoms with van der Waals surface area (Å²) in [5, 5.41) is 8.69. The molecule has 1 aliphatic heterocycles. The molecule has 0 aliphatic carbocycles. The first kappa shape index (κ1) is 23.4. The van der Waals surface area contributed by atoms with Crippen LogP contribution in [0.2, 0.25) is 5.02 Å². The van der Waals surface area contributed by atoms with E-state index in [1.165, 1.54) is 11.1 Å². The first-order chi connectivity index (χ1) is 16.9. The van der Waals surface area contributed by atoms with Gasteiger partial charge in [0.1, 0.15) is 5.82 Å². The van der Waals surface area contributed by atoms with Gasteiger partial charge in [-0.15, -0.1) is 0 Å². The van der Waals surface area contributed by atoms with Gasteiger partial charge in [-0.05, 0) is 63.4 Å². The number of benzene rings is 2. The Kier molecular flexibility index (Phi) is 6.48. The zero-order valence-electron chi connectivity index (χ0n) is 20.4.